The van der Waals surface area contributed by atoms with Gasteiger partial charge in [0.15, 0.2) is 0 Å². The largest absolute Gasteiger partial charge is 0.256 e. The molecule has 0 spiro atoms. The molecule has 2 aromatic rings. The van der Waals surface area contributed by atoms with Gasteiger partial charge < -0.3 is 0 Å². The quantitative estimate of drug-likeness (QED) is 0.516. The minimum Gasteiger partial charge on any atom is -0.256 e. The monoisotopic (exact) mass is 353 g/mol. The van der Waals surface area contributed by atoms with Gasteiger partial charge in [-0.15, -0.1) is 0 Å². The van der Waals surface area contributed by atoms with E-state index < -0.39 is 0 Å². The summed E-state index contributed by atoms with van der Waals surface area (Å²) in [7, 11) is 0. The van der Waals surface area contributed by atoms with E-state index in [-0.39, 0.29) is 5.82 Å². The van der Waals surface area contributed by atoms with Crippen LogP contribution < -0.4 is 0 Å². The third-order valence-corrected chi connectivity index (χ3v) is 6.02. The standard InChI is InChI=1S/C24H32FN/c1-3-4-7-20-8-5-6-9-21(20)13-11-19-12-14-22(23(25)16-19)24-15-10-18(2)17-26-24/h10,12,14-17,20-21H,3-9,11,13H2,1-2H3/t20-,21+/m1/s1. The molecule has 1 saturated carbocycles. The molecule has 26 heavy (non-hydrogen) atoms. The lowest BCUT2D eigenvalue weighted by atomic mass is 9.74. The van der Waals surface area contributed by atoms with Crippen LogP contribution >= 0.6 is 0 Å². The molecule has 1 aromatic heterocycles. The van der Waals surface area contributed by atoms with Gasteiger partial charge in [0.05, 0.1) is 5.69 Å². The predicted octanol–water partition coefficient (Wildman–Crippen LogP) is 7.13. The van der Waals surface area contributed by atoms with Crippen molar-refractivity contribution in [2.75, 3.05) is 0 Å². The number of hydrogen-bond donors (Lipinski definition) is 0. The highest BCUT2D eigenvalue weighted by atomic mass is 19.1. The summed E-state index contributed by atoms with van der Waals surface area (Å²) in [6, 6.07) is 9.59. The maximum atomic E-state index is 14.6. The van der Waals surface area contributed by atoms with E-state index >= 15 is 0 Å². The van der Waals surface area contributed by atoms with E-state index in [1.54, 1.807) is 12.3 Å². The van der Waals surface area contributed by atoms with Gasteiger partial charge in [0.1, 0.15) is 5.82 Å². The SMILES string of the molecule is CCCC[C@@H]1CCCC[C@H]1CCc1ccc(-c2ccc(C)cn2)c(F)c1. The summed E-state index contributed by atoms with van der Waals surface area (Å²) in [6.07, 6.45) is 13.6. The summed E-state index contributed by atoms with van der Waals surface area (Å²) >= 11 is 0. The Morgan fingerprint density at radius 2 is 1.81 bits per heavy atom. The first-order chi connectivity index (χ1) is 12.7. The average Bonchev–Trinajstić information content (AvgIpc) is 2.66. The Kier molecular flexibility index (Phi) is 6.82. The Labute approximate surface area is 158 Å². The highest BCUT2D eigenvalue weighted by molar-refractivity contribution is 5.60. The number of benzene rings is 1. The van der Waals surface area contributed by atoms with Crippen LogP contribution in [0.25, 0.3) is 11.3 Å². The van der Waals surface area contributed by atoms with Crippen LogP contribution in [0.2, 0.25) is 0 Å². The van der Waals surface area contributed by atoms with Crippen molar-refractivity contribution in [1.82, 2.24) is 4.98 Å². The first-order valence-corrected chi connectivity index (χ1v) is 10.4. The number of rotatable bonds is 7. The molecule has 0 unspecified atom stereocenters. The third kappa shape index (κ3) is 4.93. The van der Waals surface area contributed by atoms with Crippen LogP contribution in [0.1, 0.15) is 69.4 Å². The molecule has 0 aliphatic heterocycles. The number of halogens is 1. The van der Waals surface area contributed by atoms with Crippen LogP contribution in [0.5, 0.6) is 0 Å². The van der Waals surface area contributed by atoms with Gasteiger partial charge in [-0.2, -0.15) is 0 Å². The number of aromatic nitrogens is 1. The zero-order valence-electron chi connectivity index (χ0n) is 16.3. The first kappa shape index (κ1) is 19.1. The van der Waals surface area contributed by atoms with Crippen molar-refractivity contribution in [3.63, 3.8) is 0 Å². The molecule has 0 bridgehead atoms. The number of pyridine rings is 1. The van der Waals surface area contributed by atoms with Crippen molar-refractivity contribution in [3.05, 3.63) is 53.5 Å². The van der Waals surface area contributed by atoms with E-state index in [0.29, 0.717) is 11.3 Å². The van der Waals surface area contributed by atoms with Crippen LogP contribution in [0.15, 0.2) is 36.5 Å². The predicted molar refractivity (Wildman–Crippen MR) is 108 cm³/mol. The zero-order valence-corrected chi connectivity index (χ0v) is 16.3. The van der Waals surface area contributed by atoms with Crippen molar-refractivity contribution in [2.45, 2.75) is 71.6 Å². The van der Waals surface area contributed by atoms with Gasteiger partial charge in [-0.05, 0) is 60.9 Å². The van der Waals surface area contributed by atoms with Crippen LogP contribution in [0.3, 0.4) is 0 Å². The Morgan fingerprint density at radius 3 is 2.46 bits per heavy atom. The van der Waals surface area contributed by atoms with Gasteiger partial charge in [0.2, 0.25) is 0 Å². The van der Waals surface area contributed by atoms with Crippen LogP contribution in [0.4, 0.5) is 4.39 Å². The highest BCUT2D eigenvalue weighted by Gasteiger charge is 2.24. The van der Waals surface area contributed by atoms with Gasteiger partial charge in [0.25, 0.3) is 0 Å². The van der Waals surface area contributed by atoms with Gasteiger partial charge in [-0.25, -0.2) is 4.39 Å². The summed E-state index contributed by atoms with van der Waals surface area (Å²) in [5.41, 5.74) is 3.54. The molecule has 1 aromatic carbocycles. The normalized spacial score (nSPS) is 20.3. The molecule has 1 aliphatic rings. The lowest BCUT2D eigenvalue weighted by Crippen LogP contribution is -2.20. The molecule has 1 aliphatic carbocycles. The summed E-state index contributed by atoms with van der Waals surface area (Å²) in [4.78, 5) is 4.36. The number of hydrogen-bond acceptors (Lipinski definition) is 1. The molecular weight excluding hydrogens is 321 g/mol. The smallest absolute Gasteiger partial charge is 0.132 e. The first-order valence-electron chi connectivity index (χ1n) is 10.4. The van der Waals surface area contributed by atoms with Crippen LogP contribution in [-0.2, 0) is 6.42 Å². The van der Waals surface area contributed by atoms with E-state index in [0.717, 1.165) is 29.4 Å². The van der Waals surface area contributed by atoms with Gasteiger partial charge in [-0.1, -0.05) is 64.0 Å². The summed E-state index contributed by atoms with van der Waals surface area (Å²) in [5, 5.41) is 0. The molecule has 0 N–H and O–H groups in total. The van der Waals surface area contributed by atoms with Crippen molar-refractivity contribution in [2.24, 2.45) is 11.8 Å². The molecule has 0 saturated heterocycles. The Morgan fingerprint density at radius 1 is 1.04 bits per heavy atom. The topological polar surface area (TPSA) is 12.9 Å². The van der Waals surface area contributed by atoms with Crippen LogP contribution in [-0.4, -0.2) is 4.98 Å². The fourth-order valence-corrected chi connectivity index (χ4v) is 4.41. The lowest BCUT2D eigenvalue weighted by Gasteiger charge is -2.31. The van der Waals surface area contributed by atoms with Gasteiger partial charge in [0, 0.05) is 11.8 Å². The Hall–Kier alpha value is -1.70. The molecule has 0 radical (unpaired) electrons. The zero-order chi connectivity index (χ0) is 18.4. The minimum atomic E-state index is -0.148. The van der Waals surface area contributed by atoms with E-state index in [2.05, 4.69) is 18.0 Å². The maximum Gasteiger partial charge on any atom is 0.132 e. The van der Waals surface area contributed by atoms with E-state index in [1.807, 2.05) is 25.1 Å². The highest BCUT2D eigenvalue weighted by Crippen LogP contribution is 2.36. The summed E-state index contributed by atoms with van der Waals surface area (Å²) in [6.45, 7) is 4.28. The van der Waals surface area contributed by atoms with Crippen molar-refractivity contribution in [3.8, 4) is 11.3 Å². The van der Waals surface area contributed by atoms with Crippen molar-refractivity contribution in [1.29, 1.82) is 0 Å². The number of nitrogens with zero attached hydrogens (tertiary/aromatic N) is 1. The Bertz CT molecular complexity index is 692. The van der Waals surface area contributed by atoms with E-state index in [1.165, 1.54) is 51.4 Å². The van der Waals surface area contributed by atoms with E-state index in [9.17, 15) is 4.39 Å². The second-order valence-corrected chi connectivity index (χ2v) is 8.02. The van der Waals surface area contributed by atoms with Crippen molar-refractivity contribution >= 4 is 0 Å². The minimum absolute atomic E-state index is 0.148. The molecule has 3 rings (SSSR count). The van der Waals surface area contributed by atoms with Gasteiger partial charge >= 0.3 is 0 Å². The number of aryl methyl sites for hydroxylation is 2. The second kappa shape index (κ2) is 9.30. The molecule has 1 fully saturated rings. The molecule has 1 nitrogen and oxygen atoms in total. The fraction of sp³-hybridized carbons (Fsp3) is 0.542. The average molecular weight is 354 g/mol. The maximum absolute atomic E-state index is 14.6. The molecule has 0 amide bonds. The fourth-order valence-electron chi connectivity index (χ4n) is 4.41. The van der Waals surface area contributed by atoms with Crippen LogP contribution in [0, 0.1) is 24.6 Å². The number of unbranched alkanes of at least 4 members (excludes halogenated alkanes) is 1. The summed E-state index contributed by atoms with van der Waals surface area (Å²) in [5.74, 6) is 1.58. The summed E-state index contributed by atoms with van der Waals surface area (Å²) < 4.78 is 14.6. The molecule has 2 atom stereocenters. The lowest BCUT2D eigenvalue weighted by molar-refractivity contribution is 0.208. The van der Waals surface area contributed by atoms with E-state index in [4.69, 9.17) is 0 Å². The molecule has 2 heteroatoms. The van der Waals surface area contributed by atoms with Crippen molar-refractivity contribution < 1.29 is 4.39 Å². The third-order valence-electron chi connectivity index (χ3n) is 6.02. The second-order valence-electron chi connectivity index (χ2n) is 8.02. The molecule has 1 heterocycles. The molecule has 140 valence electrons. The van der Waals surface area contributed by atoms with Gasteiger partial charge in [-0.3, -0.25) is 4.98 Å². The molecular formula is C24H32FN. The Balaban J connectivity index is 1.63.